The van der Waals surface area contributed by atoms with E-state index in [0.717, 1.165) is 31.1 Å². The Kier molecular flexibility index (Phi) is 6.59. The standard InChI is InChI=1S/C21H26N4O3.ClH/c1-24-11-15-12-25(20(27)10-6-16-5-9-19(26)23-22-16)13-18(15)21(24)14-3-7-17(28-2)8-4-14;/h3-5,7-9,15,18,21H,6,10-13H2,1-2H3,(H,23,26);1H/t15-,18+,21+;/m0./s1. The van der Waals surface area contributed by atoms with Crippen molar-refractivity contribution in [3.05, 3.63) is 58.0 Å². The minimum atomic E-state index is -0.226. The lowest BCUT2D eigenvalue weighted by Crippen LogP contribution is -2.33. The lowest BCUT2D eigenvalue weighted by Gasteiger charge is -2.27. The van der Waals surface area contributed by atoms with Crippen LogP contribution >= 0.6 is 12.4 Å². The van der Waals surface area contributed by atoms with Crippen molar-refractivity contribution in [1.29, 1.82) is 0 Å². The average Bonchev–Trinajstić information content (AvgIpc) is 3.24. The summed E-state index contributed by atoms with van der Waals surface area (Å²) in [6, 6.07) is 11.7. The number of carbonyl (C=O) groups is 1. The molecular weight excluding hydrogens is 392 g/mol. The number of ether oxygens (including phenoxy) is 1. The molecule has 0 saturated carbocycles. The van der Waals surface area contributed by atoms with Gasteiger partial charge in [-0.05, 0) is 36.7 Å². The first-order valence-corrected chi connectivity index (χ1v) is 9.71. The highest BCUT2D eigenvalue weighted by Crippen LogP contribution is 2.44. The summed E-state index contributed by atoms with van der Waals surface area (Å²) in [6.45, 7) is 2.62. The molecule has 1 N–H and O–H groups in total. The number of methoxy groups -OCH3 is 1. The molecule has 0 unspecified atom stereocenters. The molecule has 8 heteroatoms. The van der Waals surface area contributed by atoms with Crippen LogP contribution in [0.1, 0.15) is 23.7 Å². The number of nitrogens with zero attached hydrogens (tertiary/aromatic N) is 3. The molecule has 2 aromatic rings. The number of H-pyrrole nitrogens is 1. The molecule has 0 radical (unpaired) electrons. The second-order valence-corrected chi connectivity index (χ2v) is 7.79. The lowest BCUT2D eigenvalue weighted by molar-refractivity contribution is -0.130. The maximum atomic E-state index is 12.7. The molecule has 3 atom stereocenters. The lowest BCUT2D eigenvalue weighted by atomic mass is 9.89. The summed E-state index contributed by atoms with van der Waals surface area (Å²) in [5.41, 5.74) is 1.79. The molecule has 1 aromatic carbocycles. The summed E-state index contributed by atoms with van der Waals surface area (Å²) in [4.78, 5) is 28.2. The van der Waals surface area contributed by atoms with Crippen molar-refractivity contribution in [2.24, 2.45) is 11.8 Å². The third kappa shape index (κ3) is 4.46. The summed E-state index contributed by atoms with van der Waals surface area (Å²) in [6.07, 6.45) is 0.963. The molecule has 4 rings (SSSR count). The number of hydrogen-bond acceptors (Lipinski definition) is 5. The molecule has 1 amide bonds. The van der Waals surface area contributed by atoms with Crippen molar-refractivity contribution >= 4 is 18.3 Å². The minimum Gasteiger partial charge on any atom is -0.497 e. The highest BCUT2D eigenvalue weighted by Gasteiger charge is 2.47. The molecular formula is C21H27ClN4O3. The van der Waals surface area contributed by atoms with Crippen molar-refractivity contribution < 1.29 is 9.53 Å². The van der Waals surface area contributed by atoms with E-state index in [4.69, 9.17) is 4.74 Å². The molecule has 7 nitrogen and oxygen atoms in total. The predicted molar refractivity (Wildman–Crippen MR) is 112 cm³/mol. The Morgan fingerprint density at radius 3 is 2.59 bits per heavy atom. The summed E-state index contributed by atoms with van der Waals surface area (Å²) in [5.74, 6) is 1.99. The van der Waals surface area contributed by atoms with Gasteiger partial charge in [-0.25, -0.2) is 5.10 Å². The van der Waals surface area contributed by atoms with Crippen LogP contribution in [-0.2, 0) is 11.2 Å². The van der Waals surface area contributed by atoms with Crippen molar-refractivity contribution in [2.45, 2.75) is 18.9 Å². The van der Waals surface area contributed by atoms with Crippen LogP contribution in [0.2, 0.25) is 0 Å². The third-order valence-corrected chi connectivity index (χ3v) is 6.04. The van der Waals surface area contributed by atoms with Crippen molar-refractivity contribution in [3.63, 3.8) is 0 Å². The van der Waals surface area contributed by atoms with E-state index in [9.17, 15) is 9.59 Å². The number of benzene rings is 1. The first-order chi connectivity index (χ1) is 13.5. The molecule has 2 aliphatic heterocycles. The number of hydrogen-bond donors (Lipinski definition) is 1. The normalized spacial score (nSPS) is 23.5. The number of carbonyl (C=O) groups excluding carboxylic acids is 1. The van der Waals surface area contributed by atoms with Crippen LogP contribution in [0.25, 0.3) is 0 Å². The molecule has 0 spiro atoms. The maximum absolute atomic E-state index is 12.7. The number of fused-ring (bicyclic) bond motifs is 1. The molecule has 2 fully saturated rings. The van der Waals surface area contributed by atoms with E-state index in [1.807, 2.05) is 17.0 Å². The fraction of sp³-hybridized carbons (Fsp3) is 0.476. The molecule has 3 heterocycles. The Bertz CT molecular complexity index is 881. The van der Waals surface area contributed by atoms with Crippen LogP contribution < -0.4 is 10.3 Å². The van der Waals surface area contributed by atoms with E-state index in [1.54, 1.807) is 13.2 Å². The second-order valence-electron chi connectivity index (χ2n) is 7.79. The van der Waals surface area contributed by atoms with Gasteiger partial charge in [0.1, 0.15) is 5.75 Å². The topological polar surface area (TPSA) is 78.5 Å². The molecule has 156 valence electrons. The Morgan fingerprint density at radius 2 is 1.93 bits per heavy atom. The number of halogens is 1. The number of rotatable bonds is 5. The van der Waals surface area contributed by atoms with Crippen LogP contribution in [0, 0.1) is 11.8 Å². The van der Waals surface area contributed by atoms with Gasteiger partial charge >= 0.3 is 0 Å². The zero-order valence-corrected chi connectivity index (χ0v) is 17.5. The minimum absolute atomic E-state index is 0. The van der Waals surface area contributed by atoms with Crippen molar-refractivity contribution in [2.75, 3.05) is 33.8 Å². The Hall–Kier alpha value is -2.38. The van der Waals surface area contributed by atoms with Crippen LogP contribution in [0.5, 0.6) is 5.75 Å². The number of nitrogens with one attached hydrogen (secondary N) is 1. The second kappa shape index (κ2) is 8.97. The van der Waals surface area contributed by atoms with E-state index < -0.39 is 0 Å². The van der Waals surface area contributed by atoms with Crippen LogP contribution in [0.3, 0.4) is 0 Å². The van der Waals surface area contributed by atoms with Crippen LogP contribution in [-0.4, -0.2) is 59.7 Å². The van der Waals surface area contributed by atoms with E-state index >= 15 is 0 Å². The van der Waals surface area contributed by atoms with E-state index in [0.29, 0.717) is 30.7 Å². The number of aryl methyl sites for hydroxylation is 1. The smallest absolute Gasteiger partial charge is 0.264 e. The van der Waals surface area contributed by atoms with Gasteiger partial charge in [0.25, 0.3) is 5.56 Å². The largest absolute Gasteiger partial charge is 0.497 e. The predicted octanol–water partition coefficient (Wildman–Crippen LogP) is 1.89. The number of aromatic nitrogens is 2. The highest BCUT2D eigenvalue weighted by molar-refractivity contribution is 5.85. The van der Waals surface area contributed by atoms with E-state index in [1.165, 1.54) is 11.6 Å². The Balaban J connectivity index is 0.00000240. The molecule has 2 aliphatic rings. The van der Waals surface area contributed by atoms with Gasteiger partial charge in [-0.2, -0.15) is 5.10 Å². The Labute approximate surface area is 176 Å². The van der Waals surface area contributed by atoms with E-state index in [-0.39, 0.29) is 23.9 Å². The SMILES string of the molecule is COc1ccc([C@@H]2[C@@H]3CN(C(=O)CCc4ccc(=O)[nH]n4)C[C@@H]3CN2C)cc1.Cl. The van der Waals surface area contributed by atoms with E-state index in [2.05, 4.69) is 34.3 Å². The van der Waals surface area contributed by atoms with Crippen LogP contribution in [0.4, 0.5) is 0 Å². The van der Waals surface area contributed by atoms with Gasteiger partial charge in [0.2, 0.25) is 5.91 Å². The van der Waals surface area contributed by atoms with Gasteiger partial charge in [0.05, 0.1) is 12.8 Å². The number of amides is 1. The Morgan fingerprint density at radius 1 is 1.17 bits per heavy atom. The molecule has 1 aromatic heterocycles. The molecule has 0 aliphatic carbocycles. The van der Waals surface area contributed by atoms with Crippen molar-refractivity contribution in [3.8, 4) is 5.75 Å². The molecule has 0 bridgehead atoms. The fourth-order valence-corrected chi connectivity index (χ4v) is 4.67. The fourth-order valence-electron chi connectivity index (χ4n) is 4.67. The highest BCUT2D eigenvalue weighted by atomic mass is 35.5. The quantitative estimate of drug-likeness (QED) is 0.802. The zero-order chi connectivity index (χ0) is 19.7. The summed E-state index contributed by atoms with van der Waals surface area (Å²) < 4.78 is 5.27. The summed E-state index contributed by atoms with van der Waals surface area (Å²) >= 11 is 0. The zero-order valence-electron chi connectivity index (χ0n) is 16.7. The summed E-state index contributed by atoms with van der Waals surface area (Å²) in [5, 5.41) is 6.40. The van der Waals surface area contributed by atoms with Gasteiger partial charge in [0.15, 0.2) is 0 Å². The first kappa shape index (κ1) is 21.3. The van der Waals surface area contributed by atoms with Gasteiger partial charge in [-0.3, -0.25) is 14.5 Å². The maximum Gasteiger partial charge on any atom is 0.264 e. The molecule has 29 heavy (non-hydrogen) atoms. The van der Waals surface area contributed by atoms with Gasteiger partial charge < -0.3 is 9.64 Å². The molecule has 2 saturated heterocycles. The monoisotopic (exact) mass is 418 g/mol. The third-order valence-electron chi connectivity index (χ3n) is 6.04. The number of aromatic amines is 1. The number of likely N-dealkylation sites (tertiary alicyclic amines) is 2. The summed E-state index contributed by atoms with van der Waals surface area (Å²) in [7, 11) is 3.84. The van der Waals surface area contributed by atoms with Crippen LogP contribution in [0.15, 0.2) is 41.2 Å². The first-order valence-electron chi connectivity index (χ1n) is 9.71. The van der Waals surface area contributed by atoms with Gasteiger partial charge in [0, 0.05) is 50.5 Å². The van der Waals surface area contributed by atoms with Gasteiger partial charge in [-0.15, -0.1) is 12.4 Å². The van der Waals surface area contributed by atoms with Gasteiger partial charge in [-0.1, -0.05) is 12.1 Å². The van der Waals surface area contributed by atoms with Crippen molar-refractivity contribution in [1.82, 2.24) is 20.0 Å². The average molecular weight is 419 g/mol.